The first-order valence-electron chi connectivity index (χ1n) is 12.8. The van der Waals surface area contributed by atoms with E-state index >= 15 is 0 Å². The highest BCUT2D eigenvalue weighted by Gasteiger charge is 2.54. The largest absolute Gasteiger partial charge is 0.307 e. The number of nitrogens with one attached hydrogen (secondary N) is 1. The maximum Gasteiger partial charge on any atom is 0.258 e. The fourth-order valence-corrected chi connectivity index (χ4v) is 7.09. The fourth-order valence-electron chi connectivity index (χ4n) is 6.53. The molecule has 9 heteroatoms. The third kappa shape index (κ3) is 4.45. The summed E-state index contributed by atoms with van der Waals surface area (Å²) in [5, 5.41) is 0. The van der Waals surface area contributed by atoms with Gasteiger partial charge in [-0.15, -0.1) is 0 Å². The fraction of sp³-hybridized carbons (Fsp3) is 0.500. The van der Waals surface area contributed by atoms with Gasteiger partial charge in [-0.3, -0.25) is 14.3 Å². The van der Waals surface area contributed by atoms with Gasteiger partial charge < -0.3 is 4.90 Å². The summed E-state index contributed by atoms with van der Waals surface area (Å²) >= 11 is 0. The molecule has 0 bridgehead atoms. The molecule has 3 aliphatic carbocycles. The quantitative estimate of drug-likeness (QED) is 0.497. The highest BCUT2D eigenvalue weighted by molar-refractivity contribution is 7.92. The zero-order valence-electron chi connectivity index (χ0n) is 20.7. The summed E-state index contributed by atoms with van der Waals surface area (Å²) in [5.74, 6) is -4.10. The molecule has 2 aromatic carbocycles. The van der Waals surface area contributed by atoms with Crippen LogP contribution in [-0.2, 0) is 15.4 Å². The van der Waals surface area contributed by atoms with Crippen molar-refractivity contribution < 1.29 is 28.2 Å². The molecule has 0 atom stereocenters. The molecular formula is C28H32F2N2O4S. The maximum absolute atomic E-state index is 13.8. The number of carbonyl (C=O) groups excluding carboxylic acids is 2. The maximum atomic E-state index is 13.8. The molecule has 3 saturated carbocycles. The lowest BCUT2D eigenvalue weighted by Gasteiger charge is -2.38. The van der Waals surface area contributed by atoms with E-state index in [1.54, 1.807) is 35.2 Å². The van der Waals surface area contributed by atoms with E-state index in [9.17, 15) is 26.8 Å². The van der Waals surface area contributed by atoms with Crippen LogP contribution in [0.3, 0.4) is 0 Å². The monoisotopic (exact) mass is 530 g/mol. The molecule has 6 nitrogen and oxygen atoms in total. The molecule has 198 valence electrons. The van der Waals surface area contributed by atoms with Crippen molar-refractivity contribution >= 4 is 33.1 Å². The molecule has 0 radical (unpaired) electrons. The number of anilines is 2. The van der Waals surface area contributed by atoms with Crippen LogP contribution in [0, 0.1) is 11.3 Å². The lowest BCUT2D eigenvalue weighted by atomic mass is 9.66. The number of amides is 1. The summed E-state index contributed by atoms with van der Waals surface area (Å²) < 4.78 is 52.9. The van der Waals surface area contributed by atoms with E-state index in [1.165, 1.54) is 18.9 Å². The van der Waals surface area contributed by atoms with Crippen molar-refractivity contribution in [3.63, 3.8) is 0 Å². The molecular weight excluding hydrogens is 498 g/mol. The molecule has 1 N–H and O–H groups in total. The van der Waals surface area contributed by atoms with Gasteiger partial charge in [0.2, 0.25) is 15.9 Å². The van der Waals surface area contributed by atoms with Crippen LogP contribution in [0.15, 0.2) is 42.5 Å². The SMILES string of the molecule is CS(=O)(=O)Nc1ccc2c(c1)C1(CCC3(CC3)CC1)CN2C(=O)c1cccc(C(=O)C2CC(F)(F)C2)c1.[HH]. The number of benzene rings is 2. The second-order valence-corrected chi connectivity index (χ2v) is 13.4. The number of hydrogen-bond donors (Lipinski definition) is 1. The van der Waals surface area contributed by atoms with E-state index in [-0.39, 0.29) is 24.1 Å². The van der Waals surface area contributed by atoms with Crippen LogP contribution < -0.4 is 9.62 Å². The van der Waals surface area contributed by atoms with E-state index in [2.05, 4.69) is 4.72 Å². The molecule has 0 aromatic heterocycles. The molecule has 2 aromatic rings. The lowest BCUT2D eigenvalue weighted by Crippen LogP contribution is -2.40. The Balaban J connectivity index is 0.00000294. The Morgan fingerprint density at radius 2 is 1.62 bits per heavy atom. The van der Waals surface area contributed by atoms with Gasteiger partial charge in [0.25, 0.3) is 5.91 Å². The molecule has 1 heterocycles. The smallest absolute Gasteiger partial charge is 0.258 e. The van der Waals surface area contributed by atoms with Gasteiger partial charge in [0.15, 0.2) is 5.78 Å². The zero-order valence-corrected chi connectivity index (χ0v) is 21.5. The highest BCUT2D eigenvalue weighted by atomic mass is 32.2. The van der Waals surface area contributed by atoms with Crippen LogP contribution in [0.25, 0.3) is 0 Å². The van der Waals surface area contributed by atoms with E-state index in [4.69, 9.17) is 0 Å². The number of carbonyl (C=O) groups is 2. The van der Waals surface area contributed by atoms with Crippen molar-refractivity contribution in [2.24, 2.45) is 11.3 Å². The summed E-state index contributed by atoms with van der Waals surface area (Å²) in [6.07, 6.45) is 6.77. The standard InChI is InChI=1S/C28H30F2N2O4S.H2/c1-37(35,36)31-21-5-6-23-22(14-21)27(11-9-26(7-8-26)10-12-27)17-32(23)25(34)19-4-2-3-18(13-19)24(33)20-15-28(29,30)16-20;/h2-6,13-14,20,31H,7-12,15-17H2,1H3;1H. The summed E-state index contributed by atoms with van der Waals surface area (Å²) in [5.41, 5.74) is 3.03. The Labute approximate surface area is 217 Å². The number of sulfonamides is 1. The van der Waals surface area contributed by atoms with Crippen LogP contribution in [0.2, 0.25) is 0 Å². The molecule has 2 spiro atoms. The van der Waals surface area contributed by atoms with Gasteiger partial charge in [-0.1, -0.05) is 12.1 Å². The van der Waals surface area contributed by atoms with Crippen molar-refractivity contribution in [3.05, 3.63) is 59.2 Å². The second kappa shape index (κ2) is 8.09. The number of halogens is 2. The Bertz CT molecular complexity index is 1410. The van der Waals surface area contributed by atoms with Crippen LogP contribution in [-0.4, -0.2) is 38.8 Å². The summed E-state index contributed by atoms with van der Waals surface area (Å²) in [7, 11) is -3.45. The predicted molar refractivity (Wildman–Crippen MR) is 139 cm³/mol. The summed E-state index contributed by atoms with van der Waals surface area (Å²) in [6, 6.07) is 11.7. The highest BCUT2D eigenvalue weighted by Crippen LogP contribution is 2.62. The van der Waals surface area contributed by atoms with Crippen molar-refractivity contribution in [1.82, 2.24) is 0 Å². The van der Waals surface area contributed by atoms with Crippen LogP contribution in [0.5, 0.6) is 0 Å². The zero-order chi connectivity index (χ0) is 26.2. The van der Waals surface area contributed by atoms with Crippen molar-refractivity contribution in [2.75, 3.05) is 22.4 Å². The van der Waals surface area contributed by atoms with E-state index in [0.29, 0.717) is 23.2 Å². The number of Topliss-reactive ketones (excluding diaryl/α,β-unsaturated/α-hetero) is 1. The minimum absolute atomic E-state index is 0. The number of fused-ring (bicyclic) bond motifs is 2. The Morgan fingerprint density at radius 3 is 2.24 bits per heavy atom. The van der Waals surface area contributed by atoms with Crippen molar-refractivity contribution in [2.45, 2.75) is 62.7 Å². The lowest BCUT2D eigenvalue weighted by molar-refractivity contribution is -0.0982. The molecule has 37 heavy (non-hydrogen) atoms. The second-order valence-electron chi connectivity index (χ2n) is 11.7. The number of nitrogens with zero attached hydrogens (tertiary/aromatic N) is 1. The first-order valence-corrected chi connectivity index (χ1v) is 14.7. The number of hydrogen-bond acceptors (Lipinski definition) is 4. The molecule has 4 aliphatic rings. The first kappa shape index (κ1) is 24.5. The van der Waals surface area contributed by atoms with Gasteiger partial charge in [0, 0.05) is 54.6 Å². The minimum atomic E-state index is -3.45. The molecule has 1 amide bonds. The third-order valence-corrected chi connectivity index (χ3v) is 9.55. The minimum Gasteiger partial charge on any atom is -0.307 e. The molecule has 0 unspecified atom stereocenters. The molecule has 0 saturated heterocycles. The van der Waals surface area contributed by atoms with Crippen LogP contribution >= 0.6 is 0 Å². The summed E-state index contributed by atoms with van der Waals surface area (Å²) in [4.78, 5) is 28.3. The number of alkyl halides is 2. The topological polar surface area (TPSA) is 83.6 Å². The summed E-state index contributed by atoms with van der Waals surface area (Å²) in [6.45, 7) is 0.493. The first-order chi connectivity index (χ1) is 17.4. The Morgan fingerprint density at radius 1 is 0.973 bits per heavy atom. The van der Waals surface area contributed by atoms with Crippen LogP contribution in [0.4, 0.5) is 20.2 Å². The predicted octanol–water partition coefficient (Wildman–Crippen LogP) is 5.78. The average molecular weight is 531 g/mol. The van der Waals surface area contributed by atoms with Crippen molar-refractivity contribution in [3.8, 4) is 0 Å². The van der Waals surface area contributed by atoms with Gasteiger partial charge >= 0.3 is 0 Å². The number of ketones is 1. The van der Waals surface area contributed by atoms with E-state index < -0.39 is 34.7 Å². The molecule has 6 rings (SSSR count). The average Bonchev–Trinajstić information content (AvgIpc) is 3.53. The van der Waals surface area contributed by atoms with Crippen LogP contribution in [0.1, 0.15) is 79.1 Å². The van der Waals surface area contributed by atoms with E-state index in [1.807, 2.05) is 6.07 Å². The van der Waals surface area contributed by atoms with E-state index in [0.717, 1.165) is 43.2 Å². The van der Waals surface area contributed by atoms with Crippen molar-refractivity contribution in [1.29, 1.82) is 0 Å². The Hall–Kier alpha value is -2.81. The van der Waals surface area contributed by atoms with Gasteiger partial charge in [0.1, 0.15) is 0 Å². The van der Waals surface area contributed by atoms with Gasteiger partial charge in [0.05, 0.1) is 6.26 Å². The van der Waals surface area contributed by atoms with Gasteiger partial charge in [-0.2, -0.15) is 0 Å². The third-order valence-electron chi connectivity index (χ3n) is 8.95. The van der Waals surface area contributed by atoms with Gasteiger partial charge in [-0.05, 0) is 79.8 Å². The Kier molecular flexibility index (Phi) is 5.36. The molecule has 1 aliphatic heterocycles. The normalized spacial score (nSPS) is 22.9. The molecule has 3 fully saturated rings. The number of rotatable bonds is 5. The van der Waals surface area contributed by atoms with Gasteiger partial charge in [-0.25, -0.2) is 17.2 Å².